The highest BCUT2D eigenvalue weighted by molar-refractivity contribution is 6.30. The Balaban J connectivity index is 1.72. The van der Waals surface area contributed by atoms with Crippen molar-refractivity contribution in [1.82, 2.24) is 4.90 Å². The number of hydrogen-bond donors (Lipinski definition) is 1. The molecule has 3 rings (SSSR count). The van der Waals surface area contributed by atoms with E-state index in [-0.39, 0.29) is 6.04 Å². The van der Waals surface area contributed by atoms with Crippen LogP contribution in [0.5, 0.6) is 0 Å². The van der Waals surface area contributed by atoms with Crippen molar-refractivity contribution in [1.29, 1.82) is 0 Å². The molecule has 1 aliphatic heterocycles. The van der Waals surface area contributed by atoms with Gasteiger partial charge >= 0.3 is 0 Å². The van der Waals surface area contributed by atoms with E-state index in [9.17, 15) is 0 Å². The van der Waals surface area contributed by atoms with Crippen molar-refractivity contribution in [2.24, 2.45) is 5.73 Å². The average molecular weight is 335 g/mol. The van der Waals surface area contributed by atoms with E-state index < -0.39 is 0 Å². The number of rotatable bonds is 3. The van der Waals surface area contributed by atoms with Crippen molar-refractivity contribution in [2.45, 2.75) is 24.9 Å². The first-order valence-corrected chi connectivity index (χ1v) is 8.33. The topological polar surface area (TPSA) is 29.3 Å². The number of halogens is 2. The van der Waals surface area contributed by atoms with E-state index in [0.717, 1.165) is 36.1 Å². The van der Waals surface area contributed by atoms with E-state index >= 15 is 0 Å². The first-order valence-electron chi connectivity index (χ1n) is 7.58. The minimum atomic E-state index is 0.199. The Morgan fingerprint density at radius 3 is 2.50 bits per heavy atom. The molecule has 2 N–H and O–H groups in total. The monoisotopic (exact) mass is 334 g/mol. The molecule has 0 bridgehead atoms. The van der Waals surface area contributed by atoms with E-state index in [1.54, 1.807) is 0 Å². The van der Waals surface area contributed by atoms with Crippen molar-refractivity contribution >= 4 is 23.2 Å². The Labute approximate surface area is 141 Å². The molecular weight excluding hydrogens is 315 g/mol. The Kier molecular flexibility index (Phi) is 5.04. The second-order valence-corrected chi connectivity index (χ2v) is 6.94. The Morgan fingerprint density at radius 1 is 1.00 bits per heavy atom. The predicted molar refractivity (Wildman–Crippen MR) is 93.5 cm³/mol. The van der Waals surface area contributed by atoms with Crippen LogP contribution < -0.4 is 5.73 Å². The Bertz CT molecular complexity index is 627. The van der Waals surface area contributed by atoms with E-state index in [1.165, 1.54) is 11.1 Å². The van der Waals surface area contributed by atoms with Gasteiger partial charge in [-0.1, -0.05) is 47.5 Å². The summed E-state index contributed by atoms with van der Waals surface area (Å²) in [5.74, 6) is 0.440. The lowest BCUT2D eigenvalue weighted by Gasteiger charge is -2.36. The molecule has 1 fully saturated rings. The summed E-state index contributed by atoms with van der Waals surface area (Å²) in [5, 5.41) is 1.57. The van der Waals surface area contributed by atoms with Gasteiger partial charge in [0.05, 0.1) is 0 Å². The molecule has 0 spiro atoms. The lowest BCUT2D eigenvalue weighted by atomic mass is 9.88. The minimum Gasteiger partial charge on any atom is -0.327 e. The summed E-state index contributed by atoms with van der Waals surface area (Å²) in [7, 11) is 0. The highest BCUT2D eigenvalue weighted by Crippen LogP contribution is 2.29. The van der Waals surface area contributed by atoms with Crippen LogP contribution in [-0.2, 0) is 6.54 Å². The average Bonchev–Trinajstić information content (AvgIpc) is 2.49. The third kappa shape index (κ3) is 4.02. The minimum absolute atomic E-state index is 0.199. The zero-order valence-corrected chi connectivity index (χ0v) is 13.9. The largest absolute Gasteiger partial charge is 0.327 e. The normalized spacial score (nSPS) is 22.7. The SMILES string of the molecule is NC1CC(c2cccc(Cl)c2)CN(Cc2ccc(Cl)cc2)C1. The molecule has 2 atom stereocenters. The van der Waals surface area contributed by atoms with Gasteiger partial charge < -0.3 is 5.73 Å². The highest BCUT2D eigenvalue weighted by atomic mass is 35.5. The predicted octanol–water partition coefficient (Wildman–Crippen LogP) is 4.31. The van der Waals surface area contributed by atoms with Crippen LogP contribution in [0.3, 0.4) is 0 Å². The Morgan fingerprint density at radius 2 is 1.77 bits per heavy atom. The molecule has 0 aliphatic carbocycles. The third-order valence-corrected chi connectivity index (χ3v) is 4.69. The fourth-order valence-corrected chi connectivity index (χ4v) is 3.54. The summed E-state index contributed by atoms with van der Waals surface area (Å²) in [5.41, 5.74) is 8.82. The van der Waals surface area contributed by atoms with Gasteiger partial charge in [0.1, 0.15) is 0 Å². The molecule has 22 heavy (non-hydrogen) atoms. The summed E-state index contributed by atoms with van der Waals surface area (Å²) in [6.45, 7) is 2.85. The zero-order valence-electron chi connectivity index (χ0n) is 12.4. The van der Waals surface area contributed by atoms with Gasteiger partial charge in [-0.25, -0.2) is 0 Å². The molecule has 1 aliphatic rings. The first kappa shape index (κ1) is 15.8. The van der Waals surface area contributed by atoms with Crippen LogP contribution in [0.4, 0.5) is 0 Å². The summed E-state index contributed by atoms with van der Waals surface area (Å²) >= 11 is 12.1. The lowest BCUT2D eigenvalue weighted by molar-refractivity contribution is 0.181. The summed E-state index contributed by atoms with van der Waals surface area (Å²) < 4.78 is 0. The van der Waals surface area contributed by atoms with E-state index in [0.29, 0.717) is 5.92 Å². The molecule has 0 radical (unpaired) electrons. The first-order chi connectivity index (χ1) is 10.6. The number of nitrogens with two attached hydrogens (primary N) is 1. The van der Waals surface area contributed by atoms with E-state index in [4.69, 9.17) is 28.9 Å². The lowest BCUT2D eigenvalue weighted by Crippen LogP contribution is -2.45. The van der Waals surface area contributed by atoms with Gasteiger partial charge in [0, 0.05) is 35.7 Å². The van der Waals surface area contributed by atoms with Crippen molar-refractivity contribution in [2.75, 3.05) is 13.1 Å². The van der Waals surface area contributed by atoms with Crippen LogP contribution >= 0.6 is 23.2 Å². The highest BCUT2D eigenvalue weighted by Gasteiger charge is 2.26. The number of benzene rings is 2. The van der Waals surface area contributed by atoms with Crippen molar-refractivity contribution < 1.29 is 0 Å². The van der Waals surface area contributed by atoms with E-state index in [1.807, 2.05) is 24.3 Å². The third-order valence-electron chi connectivity index (χ3n) is 4.20. The second kappa shape index (κ2) is 7.01. The number of likely N-dealkylation sites (tertiary alicyclic amines) is 1. The van der Waals surface area contributed by atoms with Crippen LogP contribution in [0.15, 0.2) is 48.5 Å². The van der Waals surface area contributed by atoms with Crippen molar-refractivity contribution in [3.8, 4) is 0 Å². The van der Waals surface area contributed by atoms with Crippen LogP contribution in [0.1, 0.15) is 23.5 Å². The molecule has 0 amide bonds. The molecule has 4 heteroatoms. The molecule has 1 saturated heterocycles. The zero-order chi connectivity index (χ0) is 15.5. The number of hydrogen-bond acceptors (Lipinski definition) is 2. The molecule has 2 aromatic carbocycles. The molecule has 2 aromatic rings. The maximum Gasteiger partial charge on any atom is 0.0408 e. The maximum atomic E-state index is 6.27. The van der Waals surface area contributed by atoms with E-state index in [2.05, 4.69) is 29.2 Å². The molecular formula is C18H20Cl2N2. The summed E-state index contributed by atoms with van der Waals surface area (Å²) in [6, 6.07) is 16.4. The van der Waals surface area contributed by atoms with Gasteiger partial charge in [0.2, 0.25) is 0 Å². The standard InChI is InChI=1S/C18H20Cl2N2/c19-16-6-4-13(5-7-16)10-22-11-15(9-18(21)12-22)14-2-1-3-17(20)8-14/h1-8,15,18H,9-12,21H2. The van der Waals surface area contributed by atoms with Crippen molar-refractivity contribution in [3.05, 3.63) is 69.7 Å². The van der Waals surface area contributed by atoms with Crippen LogP contribution in [0.2, 0.25) is 10.0 Å². The van der Waals surface area contributed by atoms with Gasteiger partial charge in [-0.2, -0.15) is 0 Å². The maximum absolute atomic E-state index is 6.27. The van der Waals surface area contributed by atoms with Crippen LogP contribution in [0.25, 0.3) is 0 Å². The number of nitrogens with zero attached hydrogens (tertiary/aromatic N) is 1. The molecule has 2 nitrogen and oxygen atoms in total. The fourth-order valence-electron chi connectivity index (χ4n) is 3.21. The quantitative estimate of drug-likeness (QED) is 0.906. The molecule has 1 heterocycles. The smallest absolute Gasteiger partial charge is 0.0408 e. The van der Waals surface area contributed by atoms with Crippen molar-refractivity contribution in [3.63, 3.8) is 0 Å². The molecule has 0 aromatic heterocycles. The molecule has 0 saturated carbocycles. The van der Waals surface area contributed by atoms with Crippen LogP contribution in [0, 0.1) is 0 Å². The van der Waals surface area contributed by atoms with Gasteiger partial charge in [0.15, 0.2) is 0 Å². The summed E-state index contributed by atoms with van der Waals surface area (Å²) in [4.78, 5) is 2.42. The Hall–Kier alpha value is -1.06. The van der Waals surface area contributed by atoms with Crippen LogP contribution in [-0.4, -0.2) is 24.0 Å². The molecule has 2 unspecified atom stereocenters. The van der Waals surface area contributed by atoms with Gasteiger partial charge in [-0.05, 0) is 47.7 Å². The van der Waals surface area contributed by atoms with Gasteiger partial charge in [-0.3, -0.25) is 4.90 Å². The summed E-state index contributed by atoms with van der Waals surface area (Å²) in [6.07, 6.45) is 1.01. The second-order valence-electron chi connectivity index (χ2n) is 6.07. The molecule has 116 valence electrons. The van der Waals surface area contributed by atoms with Gasteiger partial charge in [-0.15, -0.1) is 0 Å². The number of piperidine rings is 1. The fraction of sp³-hybridized carbons (Fsp3) is 0.333. The van der Waals surface area contributed by atoms with Gasteiger partial charge in [0.25, 0.3) is 0 Å².